The third-order valence-corrected chi connectivity index (χ3v) is 4.88. The second-order valence-corrected chi connectivity index (χ2v) is 6.84. The highest BCUT2D eigenvalue weighted by molar-refractivity contribution is 7.71. The van der Waals surface area contributed by atoms with Crippen molar-refractivity contribution in [1.82, 2.24) is 14.5 Å². The van der Waals surface area contributed by atoms with Crippen LogP contribution in [0.3, 0.4) is 0 Å². The van der Waals surface area contributed by atoms with E-state index in [1.165, 1.54) is 29.0 Å². The highest BCUT2D eigenvalue weighted by Crippen LogP contribution is 2.20. The number of aromatic amines is 2. The van der Waals surface area contributed by atoms with Crippen molar-refractivity contribution in [3.63, 3.8) is 0 Å². The van der Waals surface area contributed by atoms with Crippen LogP contribution < -0.4 is 5.56 Å². The largest absolute Gasteiger partial charge is 0.494 e. The minimum Gasteiger partial charge on any atom is -0.494 e. The number of aliphatic imine (C=N–C) groups is 1. The number of rotatable bonds is 5. The summed E-state index contributed by atoms with van der Waals surface area (Å²) < 4.78 is 14.7. The topological polar surface area (TPSA) is 86.2 Å². The van der Waals surface area contributed by atoms with Crippen molar-refractivity contribution in [2.75, 3.05) is 6.54 Å². The standard InChI is InChI=1S/C21H17FN4O2S/c22-14-4-3-5-15(10-14)26-20(28)17(19(27)25-21(26)29)12-23-9-8-13-11-24-18-7-2-1-6-16(13)18/h1-7,10-12,24,28H,8-9H2,(H,25,27,29). The number of hydrogen-bond donors (Lipinski definition) is 3. The van der Waals surface area contributed by atoms with E-state index in [4.69, 9.17) is 12.2 Å². The number of benzene rings is 2. The van der Waals surface area contributed by atoms with Gasteiger partial charge in [-0.1, -0.05) is 24.3 Å². The van der Waals surface area contributed by atoms with E-state index in [1.807, 2.05) is 30.5 Å². The molecule has 2 heterocycles. The van der Waals surface area contributed by atoms with Gasteiger partial charge in [0.05, 0.1) is 5.69 Å². The Balaban J connectivity index is 1.61. The molecule has 29 heavy (non-hydrogen) atoms. The average molecular weight is 408 g/mol. The Morgan fingerprint density at radius 1 is 1.21 bits per heavy atom. The van der Waals surface area contributed by atoms with Gasteiger partial charge in [0.2, 0.25) is 5.88 Å². The van der Waals surface area contributed by atoms with Gasteiger partial charge in [0, 0.05) is 29.9 Å². The molecule has 0 radical (unpaired) electrons. The molecule has 2 aromatic heterocycles. The minimum absolute atomic E-state index is 0.0333. The number of fused-ring (bicyclic) bond motifs is 1. The first kappa shape index (κ1) is 18.8. The van der Waals surface area contributed by atoms with E-state index >= 15 is 0 Å². The Hall–Kier alpha value is -3.52. The molecule has 2 aromatic carbocycles. The molecule has 6 nitrogen and oxygen atoms in total. The maximum atomic E-state index is 13.6. The first-order valence-electron chi connectivity index (χ1n) is 8.93. The van der Waals surface area contributed by atoms with Crippen LogP contribution in [0, 0.1) is 10.6 Å². The molecule has 146 valence electrons. The summed E-state index contributed by atoms with van der Waals surface area (Å²) >= 11 is 5.12. The van der Waals surface area contributed by atoms with Crippen LogP contribution in [0.25, 0.3) is 16.6 Å². The number of hydrogen-bond acceptors (Lipinski definition) is 4. The van der Waals surface area contributed by atoms with Crippen LogP contribution in [-0.2, 0) is 6.42 Å². The summed E-state index contributed by atoms with van der Waals surface area (Å²) in [6.45, 7) is 0.427. The van der Waals surface area contributed by atoms with E-state index in [2.05, 4.69) is 15.0 Å². The van der Waals surface area contributed by atoms with Gasteiger partial charge in [0.1, 0.15) is 11.4 Å². The Kier molecular flexibility index (Phi) is 5.09. The Morgan fingerprint density at radius 2 is 2.03 bits per heavy atom. The number of para-hydroxylation sites is 1. The quantitative estimate of drug-likeness (QED) is 0.346. The molecule has 0 atom stereocenters. The van der Waals surface area contributed by atoms with Crippen molar-refractivity contribution in [2.45, 2.75) is 6.42 Å². The molecule has 0 unspecified atom stereocenters. The summed E-state index contributed by atoms with van der Waals surface area (Å²) in [7, 11) is 0. The van der Waals surface area contributed by atoms with Crippen LogP contribution in [0.4, 0.5) is 4.39 Å². The maximum absolute atomic E-state index is 13.6. The van der Waals surface area contributed by atoms with Crippen LogP contribution in [0.15, 0.2) is 64.5 Å². The Morgan fingerprint density at radius 3 is 2.86 bits per heavy atom. The summed E-state index contributed by atoms with van der Waals surface area (Å²) in [5.41, 5.74) is 1.87. The zero-order valence-corrected chi connectivity index (χ0v) is 16.0. The second-order valence-electron chi connectivity index (χ2n) is 6.46. The van der Waals surface area contributed by atoms with Crippen molar-refractivity contribution < 1.29 is 9.50 Å². The number of aromatic hydroxyl groups is 1. The smallest absolute Gasteiger partial charge is 0.264 e. The van der Waals surface area contributed by atoms with Crippen molar-refractivity contribution in [1.29, 1.82) is 0 Å². The molecule has 0 amide bonds. The fraction of sp³-hybridized carbons (Fsp3) is 0.0952. The van der Waals surface area contributed by atoms with Gasteiger partial charge in [-0.15, -0.1) is 0 Å². The van der Waals surface area contributed by atoms with E-state index in [0.717, 1.165) is 16.5 Å². The molecule has 4 aromatic rings. The SMILES string of the molecule is O=c1[nH]c(=S)n(-c2cccc(F)c2)c(O)c1C=NCCc1c[nH]c2ccccc12. The molecule has 0 aliphatic heterocycles. The fourth-order valence-electron chi connectivity index (χ4n) is 3.19. The van der Waals surface area contributed by atoms with Crippen LogP contribution in [0.5, 0.6) is 5.88 Å². The third kappa shape index (κ3) is 3.74. The number of nitrogens with zero attached hydrogens (tertiary/aromatic N) is 2. The first-order valence-corrected chi connectivity index (χ1v) is 9.34. The van der Waals surface area contributed by atoms with Gasteiger partial charge in [-0.2, -0.15) is 0 Å². The molecule has 0 aliphatic carbocycles. The molecule has 0 saturated carbocycles. The Bertz CT molecular complexity index is 1340. The summed E-state index contributed by atoms with van der Waals surface area (Å²) in [6, 6.07) is 13.5. The van der Waals surface area contributed by atoms with Crippen LogP contribution in [-0.4, -0.2) is 32.4 Å². The summed E-state index contributed by atoms with van der Waals surface area (Å²) in [5.74, 6) is -0.871. The van der Waals surface area contributed by atoms with E-state index in [-0.39, 0.29) is 16.2 Å². The van der Waals surface area contributed by atoms with Crippen LogP contribution in [0.1, 0.15) is 11.1 Å². The normalized spacial score (nSPS) is 11.5. The lowest BCUT2D eigenvalue weighted by atomic mass is 10.1. The lowest BCUT2D eigenvalue weighted by Crippen LogP contribution is -2.18. The molecule has 0 saturated heterocycles. The zero-order chi connectivity index (χ0) is 20.4. The van der Waals surface area contributed by atoms with E-state index in [0.29, 0.717) is 18.7 Å². The molecule has 0 fully saturated rings. The maximum Gasteiger partial charge on any atom is 0.264 e. The lowest BCUT2D eigenvalue weighted by Gasteiger charge is -2.11. The highest BCUT2D eigenvalue weighted by Gasteiger charge is 2.13. The van der Waals surface area contributed by atoms with Crippen molar-refractivity contribution in [3.05, 3.63) is 86.8 Å². The van der Waals surface area contributed by atoms with Gasteiger partial charge < -0.3 is 10.1 Å². The monoisotopic (exact) mass is 408 g/mol. The van der Waals surface area contributed by atoms with Gasteiger partial charge in [0.15, 0.2) is 4.77 Å². The lowest BCUT2D eigenvalue weighted by molar-refractivity contribution is 0.432. The van der Waals surface area contributed by atoms with Crippen LogP contribution in [0.2, 0.25) is 0 Å². The van der Waals surface area contributed by atoms with Gasteiger partial charge in [-0.05, 0) is 48.5 Å². The van der Waals surface area contributed by atoms with Gasteiger partial charge >= 0.3 is 0 Å². The summed E-state index contributed by atoms with van der Waals surface area (Å²) in [5, 5.41) is 11.7. The molecule has 0 spiro atoms. The van der Waals surface area contributed by atoms with Gasteiger partial charge in [-0.25, -0.2) is 4.39 Å². The van der Waals surface area contributed by atoms with Crippen molar-refractivity contribution >= 4 is 29.3 Å². The highest BCUT2D eigenvalue weighted by atomic mass is 32.1. The first-order chi connectivity index (χ1) is 14.0. The zero-order valence-electron chi connectivity index (χ0n) is 15.2. The minimum atomic E-state index is -0.559. The number of H-pyrrole nitrogens is 2. The molecular weight excluding hydrogens is 391 g/mol. The molecule has 3 N–H and O–H groups in total. The van der Waals surface area contributed by atoms with E-state index < -0.39 is 11.4 Å². The number of nitrogens with one attached hydrogen (secondary N) is 2. The summed E-state index contributed by atoms with van der Waals surface area (Å²) in [4.78, 5) is 22.2. The molecule has 8 heteroatoms. The average Bonchev–Trinajstić information content (AvgIpc) is 3.10. The number of aromatic nitrogens is 3. The molecule has 0 aliphatic rings. The van der Waals surface area contributed by atoms with Crippen molar-refractivity contribution in [3.8, 4) is 11.6 Å². The van der Waals surface area contributed by atoms with Crippen molar-refractivity contribution in [2.24, 2.45) is 4.99 Å². The third-order valence-electron chi connectivity index (χ3n) is 4.59. The molecule has 4 rings (SSSR count). The van der Waals surface area contributed by atoms with Gasteiger partial charge in [0.25, 0.3) is 5.56 Å². The van der Waals surface area contributed by atoms with Crippen LogP contribution >= 0.6 is 12.2 Å². The number of halogens is 1. The molecular formula is C21H17FN4O2S. The second kappa shape index (κ2) is 7.84. The fourth-order valence-corrected chi connectivity index (χ4v) is 3.47. The summed E-state index contributed by atoms with van der Waals surface area (Å²) in [6.07, 6.45) is 3.92. The predicted molar refractivity (Wildman–Crippen MR) is 113 cm³/mol. The van der Waals surface area contributed by atoms with E-state index in [9.17, 15) is 14.3 Å². The Labute approximate surface area is 170 Å². The predicted octanol–water partition coefficient (Wildman–Crippen LogP) is 3.88. The molecule has 0 bridgehead atoms. The van der Waals surface area contributed by atoms with E-state index in [1.54, 1.807) is 6.07 Å². The van der Waals surface area contributed by atoms with Gasteiger partial charge in [-0.3, -0.25) is 19.3 Å².